The first-order valence-corrected chi connectivity index (χ1v) is 9.30. The Kier molecular flexibility index (Phi) is 5.34. The third-order valence-electron chi connectivity index (χ3n) is 2.79. The second-order valence-electron chi connectivity index (χ2n) is 4.33. The van der Waals surface area contributed by atoms with Crippen molar-refractivity contribution in [3.05, 3.63) is 39.4 Å². The maximum Gasteiger partial charge on any atom is 0.252 e. The van der Waals surface area contributed by atoms with Gasteiger partial charge in [0.05, 0.1) is 6.61 Å². The molecule has 2 heterocycles. The summed E-state index contributed by atoms with van der Waals surface area (Å²) >= 11 is 2.87. The number of hydrogen-bond acceptors (Lipinski definition) is 5. The molecule has 0 spiro atoms. The molecule has 2 aromatic rings. The summed E-state index contributed by atoms with van der Waals surface area (Å²) in [4.78, 5) is 0.991. The lowest BCUT2D eigenvalue weighted by Gasteiger charge is -2.20. The first-order valence-electron chi connectivity index (χ1n) is 6.10. The molecule has 2 aromatic heterocycles. The maximum absolute atomic E-state index is 12.7. The van der Waals surface area contributed by atoms with Crippen LogP contribution in [0.3, 0.4) is 0 Å². The van der Waals surface area contributed by atoms with Crippen molar-refractivity contribution in [3.63, 3.8) is 0 Å². The van der Waals surface area contributed by atoms with Crippen molar-refractivity contribution in [3.8, 4) is 0 Å². The number of ether oxygens (including phenoxy) is 1. The highest BCUT2D eigenvalue weighted by molar-refractivity contribution is 7.91. The fraction of sp³-hybridized carbons (Fsp3) is 0.385. The molecule has 110 valence electrons. The van der Waals surface area contributed by atoms with Crippen molar-refractivity contribution in [1.82, 2.24) is 4.31 Å². The molecular weight excluding hydrogens is 314 g/mol. The van der Waals surface area contributed by atoms with Crippen molar-refractivity contribution >= 4 is 32.7 Å². The van der Waals surface area contributed by atoms with Crippen molar-refractivity contribution in [2.24, 2.45) is 0 Å². The summed E-state index contributed by atoms with van der Waals surface area (Å²) in [5.74, 6) is 0. The van der Waals surface area contributed by atoms with E-state index in [0.717, 1.165) is 10.4 Å². The van der Waals surface area contributed by atoms with Crippen LogP contribution in [0.25, 0.3) is 0 Å². The standard InChI is InChI=1S/C13H17NO3S3/c1-11-3-4-13(19-11)20(15,16)14(6-7-17-2)9-12-5-8-18-10-12/h3-5,8,10H,6-7,9H2,1-2H3. The topological polar surface area (TPSA) is 46.6 Å². The van der Waals surface area contributed by atoms with Gasteiger partial charge in [0, 0.05) is 25.1 Å². The van der Waals surface area contributed by atoms with Gasteiger partial charge in [0.1, 0.15) is 4.21 Å². The zero-order chi connectivity index (χ0) is 14.6. The van der Waals surface area contributed by atoms with Gasteiger partial charge in [-0.2, -0.15) is 15.6 Å². The lowest BCUT2D eigenvalue weighted by molar-refractivity contribution is 0.177. The molecule has 0 atom stereocenters. The summed E-state index contributed by atoms with van der Waals surface area (Å²) in [6, 6.07) is 5.44. The molecule has 0 saturated heterocycles. The van der Waals surface area contributed by atoms with E-state index in [0.29, 0.717) is 23.9 Å². The van der Waals surface area contributed by atoms with E-state index in [9.17, 15) is 8.42 Å². The van der Waals surface area contributed by atoms with Crippen LogP contribution in [0.2, 0.25) is 0 Å². The van der Waals surface area contributed by atoms with E-state index in [4.69, 9.17) is 4.74 Å². The summed E-state index contributed by atoms with van der Waals surface area (Å²) in [6.45, 7) is 3.02. The average molecular weight is 331 g/mol. The van der Waals surface area contributed by atoms with E-state index < -0.39 is 10.0 Å². The number of sulfonamides is 1. The van der Waals surface area contributed by atoms with Crippen molar-refractivity contribution in [1.29, 1.82) is 0 Å². The van der Waals surface area contributed by atoms with Crippen LogP contribution in [0.15, 0.2) is 33.2 Å². The quantitative estimate of drug-likeness (QED) is 0.783. The molecule has 0 amide bonds. The van der Waals surface area contributed by atoms with Crippen LogP contribution in [0.1, 0.15) is 10.4 Å². The Balaban J connectivity index is 2.25. The average Bonchev–Trinajstić information content (AvgIpc) is 3.05. The lowest BCUT2D eigenvalue weighted by atomic mass is 10.3. The Morgan fingerprint density at radius 3 is 2.65 bits per heavy atom. The zero-order valence-corrected chi connectivity index (χ0v) is 13.9. The highest BCUT2D eigenvalue weighted by Gasteiger charge is 2.25. The first kappa shape index (κ1) is 15.7. The van der Waals surface area contributed by atoms with Gasteiger partial charge in [-0.25, -0.2) is 8.42 Å². The minimum absolute atomic E-state index is 0.353. The summed E-state index contributed by atoms with van der Waals surface area (Å²) in [7, 11) is -1.88. The van der Waals surface area contributed by atoms with Crippen LogP contribution in [0, 0.1) is 6.92 Å². The summed E-state index contributed by atoms with van der Waals surface area (Å²) in [5.41, 5.74) is 1.00. The van der Waals surface area contributed by atoms with E-state index in [2.05, 4.69) is 0 Å². The molecule has 0 N–H and O–H groups in total. The van der Waals surface area contributed by atoms with Gasteiger partial charge in [0.25, 0.3) is 10.0 Å². The monoisotopic (exact) mass is 331 g/mol. The van der Waals surface area contributed by atoms with Crippen molar-refractivity contribution in [2.75, 3.05) is 20.3 Å². The molecule has 0 fully saturated rings. The van der Waals surface area contributed by atoms with E-state index in [1.807, 2.05) is 29.8 Å². The van der Waals surface area contributed by atoms with Crippen LogP contribution < -0.4 is 0 Å². The molecule has 7 heteroatoms. The highest BCUT2D eigenvalue weighted by Crippen LogP contribution is 2.25. The third-order valence-corrected chi connectivity index (χ3v) is 6.84. The lowest BCUT2D eigenvalue weighted by Crippen LogP contribution is -2.33. The van der Waals surface area contributed by atoms with Gasteiger partial charge in [-0.15, -0.1) is 11.3 Å². The van der Waals surface area contributed by atoms with Crippen molar-refractivity contribution in [2.45, 2.75) is 17.7 Å². The maximum atomic E-state index is 12.7. The molecule has 4 nitrogen and oxygen atoms in total. The van der Waals surface area contributed by atoms with Gasteiger partial charge in [-0.3, -0.25) is 0 Å². The van der Waals surface area contributed by atoms with Crippen LogP contribution in [-0.4, -0.2) is 33.0 Å². The normalized spacial score (nSPS) is 12.2. The molecule has 0 aliphatic heterocycles. The van der Waals surface area contributed by atoms with E-state index in [1.165, 1.54) is 15.6 Å². The van der Waals surface area contributed by atoms with Crippen LogP contribution in [0.5, 0.6) is 0 Å². The molecule has 0 saturated carbocycles. The smallest absolute Gasteiger partial charge is 0.252 e. The Hall–Kier alpha value is -0.730. The summed E-state index contributed by atoms with van der Waals surface area (Å²) < 4.78 is 32.2. The molecule has 2 rings (SSSR count). The van der Waals surface area contributed by atoms with Crippen LogP contribution >= 0.6 is 22.7 Å². The van der Waals surface area contributed by atoms with Crippen molar-refractivity contribution < 1.29 is 13.2 Å². The predicted octanol–water partition coefficient (Wildman–Crippen LogP) is 2.96. The number of thiophene rings is 2. The molecule has 0 bridgehead atoms. The Labute approximate surface area is 127 Å². The summed E-state index contributed by atoms with van der Waals surface area (Å²) in [5, 5.41) is 3.92. The highest BCUT2D eigenvalue weighted by atomic mass is 32.2. The Morgan fingerprint density at radius 2 is 2.10 bits per heavy atom. The SMILES string of the molecule is COCCN(Cc1ccsc1)S(=O)(=O)c1ccc(C)s1. The van der Waals surface area contributed by atoms with Gasteiger partial charge < -0.3 is 4.74 Å². The van der Waals surface area contributed by atoms with Gasteiger partial charge in [0.2, 0.25) is 0 Å². The second kappa shape index (κ2) is 6.82. The van der Waals surface area contributed by atoms with Gasteiger partial charge in [-0.05, 0) is 41.4 Å². The number of aryl methyl sites for hydroxylation is 1. The second-order valence-corrected chi connectivity index (χ2v) is 8.56. The fourth-order valence-electron chi connectivity index (χ4n) is 1.74. The number of rotatable bonds is 7. The molecule has 0 aliphatic carbocycles. The Morgan fingerprint density at radius 1 is 1.30 bits per heavy atom. The van der Waals surface area contributed by atoms with Crippen LogP contribution in [0.4, 0.5) is 0 Å². The zero-order valence-electron chi connectivity index (χ0n) is 11.4. The van der Waals surface area contributed by atoms with Gasteiger partial charge >= 0.3 is 0 Å². The molecule has 0 radical (unpaired) electrons. The fourth-order valence-corrected chi connectivity index (χ4v) is 5.25. The molecule has 0 aliphatic rings. The minimum atomic E-state index is -3.45. The van der Waals surface area contributed by atoms with Crippen LogP contribution in [-0.2, 0) is 21.3 Å². The third kappa shape index (κ3) is 3.67. The number of nitrogens with zero attached hydrogens (tertiary/aromatic N) is 1. The molecule has 0 aromatic carbocycles. The van der Waals surface area contributed by atoms with Gasteiger partial charge in [0.15, 0.2) is 0 Å². The minimum Gasteiger partial charge on any atom is -0.383 e. The van der Waals surface area contributed by atoms with E-state index >= 15 is 0 Å². The van der Waals surface area contributed by atoms with E-state index in [-0.39, 0.29) is 0 Å². The Bertz CT molecular complexity index is 632. The van der Waals surface area contributed by atoms with E-state index in [1.54, 1.807) is 24.5 Å². The molecule has 0 unspecified atom stereocenters. The number of hydrogen-bond donors (Lipinski definition) is 0. The first-order chi connectivity index (χ1) is 9.54. The molecule has 20 heavy (non-hydrogen) atoms. The molecular formula is C13H17NO3S3. The summed E-state index contributed by atoms with van der Waals surface area (Å²) in [6.07, 6.45) is 0. The largest absolute Gasteiger partial charge is 0.383 e. The van der Waals surface area contributed by atoms with Gasteiger partial charge in [-0.1, -0.05) is 0 Å². The predicted molar refractivity (Wildman–Crippen MR) is 82.8 cm³/mol. The number of methoxy groups -OCH3 is 1.